The van der Waals surface area contributed by atoms with Gasteiger partial charge in [-0.1, -0.05) is 29.8 Å². The molecule has 2 aromatic carbocycles. The van der Waals surface area contributed by atoms with Crippen LogP contribution in [0.1, 0.15) is 12.8 Å². The van der Waals surface area contributed by atoms with E-state index in [4.69, 9.17) is 26.2 Å². The van der Waals surface area contributed by atoms with Crippen molar-refractivity contribution in [1.29, 1.82) is 0 Å². The first-order valence-electron chi connectivity index (χ1n) is 10.5. The third kappa shape index (κ3) is 4.24. The summed E-state index contributed by atoms with van der Waals surface area (Å²) in [7, 11) is 0. The minimum absolute atomic E-state index is 0.0294. The highest BCUT2D eigenvalue weighted by Gasteiger charge is 2.34. The fourth-order valence-electron chi connectivity index (χ4n) is 3.97. The summed E-state index contributed by atoms with van der Waals surface area (Å²) in [5.41, 5.74) is 2.55. The van der Waals surface area contributed by atoms with Gasteiger partial charge in [-0.2, -0.15) is 0 Å². The van der Waals surface area contributed by atoms with Gasteiger partial charge in [0.1, 0.15) is 17.5 Å². The number of aliphatic carboxylic acids is 1. The molecule has 2 heterocycles. The minimum Gasteiger partial charge on any atom is -0.491 e. The van der Waals surface area contributed by atoms with Gasteiger partial charge in [-0.3, -0.25) is 9.78 Å². The number of ether oxygens (including phenoxy) is 2. The van der Waals surface area contributed by atoms with E-state index in [0.29, 0.717) is 31.2 Å². The molecule has 0 amide bonds. The van der Waals surface area contributed by atoms with E-state index in [1.807, 2.05) is 42.5 Å². The average molecular weight is 449 g/mol. The molecule has 162 valence electrons. The predicted octanol–water partition coefficient (Wildman–Crippen LogP) is 5.36. The Bertz CT molecular complexity index is 1300. The number of carbonyl (C=O) groups is 1. The third-order valence-corrected chi connectivity index (χ3v) is 6.02. The quantitative estimate of drug-likeness (QED) is 0.302. The van der Waals surface area contributed by atoms with Gasteiger partial charge in [0.25, 0.3) is 0 Å². The van der Waals surface area contributed by atoms with Crippen LogP contribution in [0.3, 0.4) is 0 Å². The molecule has 1 aliphatic rings. The highest BCUT2D eigenvalue weighted by atomic mass is 35.5. The van der Waals surface area contributed by atoms with E-state index in [1.165, 1.54) is 0 Å². The monoisotopic (exact) mass is 448 g/mol. The third-order valence-electron chi connectivity index (χ3n) is 5.81. The fraction of sp³-hybridized carbons (Fsp3) is 0.240. The minimum atomic E-state index is -0.739. The number of hydrogen-bond acceptors (Lipinski definition) is 5. The summed E-state index contributed by atoms with van der Waals surface area (Å²) >= 11 is 6.11. The lowest BCUT2D eigenvalue weighted by molar-refractivity contribution is -0.151. The van der Waals surface area contributed by atoms with Crippen LogP contribution < -0.4 is 4.74 Å². The second-order valence-corrected chi connectivity index (χ2v) is 8.32. The smallest absolute Gasteiger partial charge is 0.306 e. The Morgan fingerprint density at radius 2 is 1.78 bits per heavy atom. The number of rotatable bonds is 7. The number of fused-ring (bicyclic) bond motifs is 2. The largest absolute Gasteiger partial charge is 0.491 e. The van der Waals surface area contributed by atoms with Crippen molar-refractivity contribution in [1.82, 2.24) is 9.97 Å². The number of hydrogen-bond donors (Lipinski definition) is 1. The van der Waals surface area contributed by atoms with Gasteiger partial charge in [-0.05, 0) is 60.0 Å². The molecule has 5 rings (SSSR count). The van der Waals surface area contributed by atoms with E-state index in [2.05, 4.69) is 16.0 Å². The van der Waals surface area contributed by atoms with Gasteiger partial charge >= 0.3 is 5.97 Å². The molecular formula is C25H21ClN2O4. The van der Waals surface area contributed by atoms with Crippen LogP contribution in [0.25, 0.3) is 32.9 Å². The van der Waals surface area contributed by atoms with Gasteiger partial charge in [0.05, 0.1) is 29.8 Å². The molecule has 0 unspecified atom stereocenters. The summed E-state index contributed by atoms with van der Waals surface area (Å²) in [4.78, 5) is 19.8. The molecule has 4 aromatic rings. The number of carboxylic acid groups (broad SMARTS) is 1. The molecule has 0 atom stereocenters. The number of carboxylic acids is 1. The van der Waals surface area contributed by atoms with Gasteiger partial charge in [0.15, 0.2) is 0 Å². The molecule has 0 radical (unpaired) electrons. The van der Waals surface area contributed by atoms with Crippen molar-refractivity contribution in [3.8, 4) is 17.0 Å². The van der Waals surface area contributed by atoms with Crippen LogP contribution >= 0.6 is 11.6 Å². The van der Waals surface area contributed by atoms with Crippen molar-refractivity contribution in [2.24, 2.45) is 5.92 Å². The highest BCUT2D eigenvalue weighted by Crippen LogP contribution is 2.31. The average Bonchev–Trinajstić information content (AvgIpc) is 2.76. The van der Waals surface area contributed by atoms with Crippen molar-refractivity contribution >= 4 is 39.2 Å². The first-order valence-corrected chi connectivity index (χ1v) is 10.9. The fourth-order valence-corrected chi connectivity index (χ4v) is 4.12. The van der Waals surface area contributed by atoms with Gasteiger partial charge in [0, 0.05) is 17.1 Å². The maximum atomic E-state index is 10.8. The van der Waals surface area contributed by atoms with E-state index in [-0.39, 0.29) is 12.0 Å². The number of nitrogens with zero attached hydrogens (tertiary/aromatic N) is 2. The second kappa shape index (κ2) is 8.73. The summed E-state index contributed by atoms with van der Waals surface area (Å²) in [6.45, 7) is 0.862. The molecule has 0 aliphatic heterocycles. The predicted molar refractivity (Wildman–Crippen MR) is 123 cm³/mol. The Morgan fingerprint density at radius 1 is 1.00 bits per heavy atom. The normalized spacial score (nSPS) is 17.9. The maximum Gasteiger partial charge on any atom is 0.306 e. The van der Waals surface area contributed by atoms with Gasteiger partial charge < -0.3 is 14.6 Å². The lowest BCUT2D eigenvalue weighted by Crippen LogP contribution is -2.36. The molecule has 1 saturated carbocycles. The SMILES string of the molecule is O=C(O)C1CC(OCCOc2ccc3cc(-c4nccc5ccc(Cl)nc45)ccc3c2)C1. The van der Waals surface area contributed by atoms with Crippen molar-refractivity contribution < 1.29 is 19.4 Å². The highest BCUT2D eigenvalue weighted by molar-refractivity contribution is 6.29. The summed E-state index contributed by atoms with van der Waals surface area (Å²) in [6, 6.07) is 17.7. The number of aromatic nitrogens is 2. The first-order chi connectivity index (χ1) is 15.6. The molecule has 7 heteroatoms. The van der Waals surface area contributed by atoms with E-state index in [9.17, 15) is 4.79 Å². The van der Waals surface area contributed by atoms with Crippen LogP contribution in [-0.4, -0.2) is 40.4 Å². The number of halogens is 1. The lowest BCUT2D eigenvalue weighted by atomic mass is 9.82. The summed E-state index contributed by atoms with van der Waals surface area (Å²) < 4.78 is 11.5. The van der Waals surface area contributed by atoms with Gasteiger partial charge in [0.2, 0.25) is 0 Å². The summed E-state index contributed by atoms with van der Waals surface area (Å²) in [5.74, 6) is -0.234. The first kappa shape index (κ1) is 20.7. The van der Waals surface area contributed by atoms with Crippen LogP contribution in [0.15, 0.2) is 60.8 Å². The second-order valence-electron chi connectivity index (χ2n) is 7.94. The zero-order chi connectivity index (χ0) is 22.1. The van der Waals surface area contributed by atoms with E-state index in [0.717, 1.165) is 38.7 Å². The van der Waals surface area contributed by atoms with Crippen molar-refractivity contribution in [3.05, 3.63) is 65.9 Å². The number of benzene rings is 2. The Morgan fingerprint density at radius 3 is 2.62 bits per heavy atom. The molecule has 1 aliphatic carbocycles. The Labute approximate surface area is 189 Å². The number of pyridine rings is 2. The Balaban J connectivity index is 1.26. The van der Waals surface area contributed by atoms with E-state index in [1.54, 1.807) is 12.3 Å². The molecule has 0 bridgehead atoms. The molecule has 0 spiro atoms. The topological polar surface area (TPSA) is 81.5 Å². The standard InChI is InChI=1S/C25H21ClN2O4/c26-22-6-4-15-7-8-27-23(24(15)28-22)18-2-1-17-12-20(5-3-16(17)11-18)31-9-10-32-21-13-19(14-21)25(29)30/h1-8,11-12,19,21H,9-10,13-14H2,(H,29,30). The molecule has 2 aromatic heterocycles. The Kier molecular flexibility index (Phi) is 5.64. The van der Waals surface area contributed by atoms with E-state index < -0.39 is 5.97 Å². The van der Waals surface area contributed by atoms with Crippen LogP contribution in [-0.2, 0) is 9.53 Å². The van der Waals surface area contributed by atoms with Crippen molar-refractivity contribution in [2.45, 2.75) is 18.9 Å². The van der Waals surface area contributed by atoms with Crippen molar-refractivity contribution in [2.75, 3.05) is 13.2 Å². The van der Waals surface area contributed by atoms with Crippen LogP contribution in [0.2, 0.25) is 5.15 Å². The molecule has 1 N–H and O–H groups in total. The molecule has 32 heavy (non-hydrogen) atoms. The summed E-state index contributed by atoms with van der Waals surface area (Å²) in [6.07, 6.45) is 2.98. The van der Waals surface area contributed by atoms with Crippen LogP contribution in [0.4, 0.5) is 0 Å². The molecule has 0 saturated heterocycles. The van der Waals surface area contributed by atoms with E-state index >= 15 is 0 Å². The zero-order valence-electron chi connectivity index (χ0n) is 17.2. The lowest BCUT2D eigenvalue weighted by Gasteiger charge is -2.31. The van der Waals surface area contributed by atoms with Gasteiger partial charge in [-0.15, -0.1) is 0 Å². The molecule has 6 nitrogen and oxygen atoms in total. The van der Waals surface area contributed by atoms with Crippen molar-refractivity contribution in [3.63, 3.8) is 0 Å². The van der Waals surface area contributed by atoms with Crippen LogP contribution in [0, 0.1) is 5.92 Å². The Hall–Kier alpha value is -3.22. The molecular weight excluding hydrogens is 428 g/mol. The van der Waals surface area contributed by atoms with Gasteiger partial charge in [-0.25, -0.2) is 4.98 Å². The summed E-state index contributed by atoms with van der Waals surface area (Å²) in [5, 5.41) is 12.5. The maximum absolute atomic E-state index is 10.8. The van der Waals surface area contributed by atoms with Crippen LogP contribution in [0.5, 0.6) is 5.75 Å². The molecule has 1 fully saturated rings. The zero-order valence-corrected chi connectivity index (χ0v) is 18.0.